The fourth-order valence-electron chi connectivity index (χ4n) is 2.63. The molecule has 0 heterocycles. The minimum absolute atomic E-state index is 0.195. The van der Waals surface area contributed by atoms with Crippen LogP contribution in [0.25, 0.3) is 5.57 Å². The molecule has 1 unspecified atom stereocenters. The number of fused-ring (bicyclic) bond motifs is 1. The Morgan fingerprint density at radius 3 is 2.89 bits per heavy atom. The number of nitrogen functional groups attached to an aromatic ring is 1. The molecule has 1 aromatic rings. The molecule has 0 radical (unpaired) electrons. The van der Waals surface area contributed by atoms with Gasteiger partial charge in [-0.25, -0.2) is 4.79 Å². The zero-order valence-electron chi connectivity index (χ0n) is 11.1. The predicted octanol–water partition coefficient (Wildman–Crippen LogP) is 2.80. The molecule has 0 saturated carbocycles. The average Bonchev–Trinajstić information content (AvgIpc) is 2.31. The van der Waals surface area contributed by atoms with E-state index in [1.54, 1.807) is 0 Å². The summed E-state index contributed by atoms with van der Waals surface area (Å²) in [6, 6.07) is 5.90. The molecule has 1 aliphatic carbocycles. The van der Waals surface area contributed by atoms with Gasteiger partial charge in [0.1, 0.15) is 0 Å². The van der Waals surface area contributed by atoms with Gasteiger partial charge in [0.05, 0.1) is 6.61 Å². The lowest BCUT2D eigenvalue weighted by atomic mass is 9.80. The molecule has 0 spiro atoms. The van der Waals surface area contributed by atoms with Crippen molar-refractivity contribution >= 4 is 17.2 Å². The van der Waals surface area contributed by atoms with Crippen molar-refractivity contribution in [2.24, 2.45) is 5.92 Å². The topological polar surface area (TPSA) is 52.3 Å². The number of allylic oxidation sites excluding steroid dienone is 1. The van der Waals surface area contributed by atoms with E-state index in [0.717, 1.165) is 28.8 Å². The van der Waals surface area contributed by atoms with Crippen molar-refractivity contribution in [1.29, 1.82) is 0 Å². The summed E-state index contributed by atoms with van der Waals surface area (Å²) in [7, 11) is 0. The second-order valence-electron chi connectivity index (χ2n) is 4.78. The number of benzene rings is 1. The van der Waals surface area contributed by atoms with Gasteiger partial charge in [0.2, 0.25) is 0 Å². The van der Waals surface area contributed by atoms with Crippen LogP contribution < -0.4 is 5.73 Å². The van der Waals surface area contributed by atoms with Gasteiger partial charge >= 0.3 is 5.97 Å². The summed E-state index contributed by atoms with van der Waals surface area (Å²) in [5.41, 5.74) is 10.7. The summed E-state index contributed by atoms with van der Waals surface area (Å²) in [5, 5.41) is 0. The summed E-state index contributed by atoms with van der Waals surface area (Å²) >= 11 is 0. The molecule has 0 aliphatic heterocycles. The largest absolute Gasteiger partial charge is 0.463 e. The third-order valence-corrected chi connectivity index (χ3v) is 3.46. The van der Waals surface area contributed by atoms with Gasteiger partial charge in [0.15, 0.2) is 0 Å². The van der Waals surface area contributed by atoms with E-state index in [1.807, 2.05) is 32.0 Å². The van der Waals surface area contributed by atoms with E-state index < -0.39 is 0 Å². The molecule has 2 N–H and O–H groups in total. The van der Waals surface area contributed by atoms with Crippen LogP contribution in [-0.2, 0) is 16.0 Å². The van der Waals surface area contributed by atoms with Gasteiger partial charge in [-0.2, -0.15) is 0 Å². The second kappa shape index (κ2) is 4.84. The Labute approximate surface area is 108 Å². The molecular formula is C15H19NO2. The Morgan fingerprint density at radius 1 is 1.50 bits per heavy atom. The quantitative estimate of drug-likeness (QED) is 0.644. The maximum Gasteiger partial charge on any atom is 0.334 e. The Hall–Kier alpha value is -1.77. The lowest BCUT2D eigenvalue weighted by Gasteiger charge is -2.25. The van der Waals surface area contributed by atoms with Gasteiger partial charge in [-0.05, 0) is 55.0 Å². The third-order valence-electron chi connectivity index (χ3n) is 3.46. The Balaban J connectivity index is 2.51. The number of carbonyl (C=O) groups excluding carboxylic acids is 1. The number of carbonyl (C=O) groups is 1. The van der Waals surface area contributed by atoms with Crippen LogP contribution in [0.1, 0.15) is 31.9 Å². The fourth-order valence-corrected chi connectivity index (χ4v) is 2.63. The average molecular weight is 245 g/mol. The Bertz CT molecular complexity index is 517. The third kappa shape index (κ3) is 2.13. The molecule has 1 aromatic carbocycles. The highest BCUT2D eigenvalue weighted by molar-refractivity contribution is 5.99. The Morgan fingerprint density at radius 2 is 2.22 bits per heavy atom. The molecule has 0 amide bonds. The van der Waals surface area contributed by atoms with Gasteiger partial charge < -0.3 is 10.5 Å². The van der Waals surface area contributed by atoms with Crippen molar-refractivity contribution in [3.05, 3.63) is 34.9 Å². The van der Waals surface area contributed by atoms with E-state index in [-0.39, 0.29) is 11.9 Å². The molecule has 1 aliphatic rings. The van der Waals surface area contributed by atoms with E-state index in [2.05, 4.69) is 6.92 Å². The van der Waals surface area contributed by atoms with Crippen LogP contribution in [0, 0.1) is 5.92 Å². The number of anilines is 1. The highest BCUT2D eigenvalue weighted by atomic mass is 16.5. The summed E-state index contributed by atoms with van der Waals surface area (Å²) in [6.45, 7) is 6.27. The zero-order valence-corrected chi connectivity index (χ0v) is 11.1. The molecule has 0 fully saturated rings. The van der Waals surface area contributed by atoms with Crippen LogP contribution in [0.2, 0.25) is 0 Å². The summed E-state index contributed by atoms with van der Waals surface area (Å²) in [4.78, 5) is 12.0. The van der Waals surface area contributed by atoms with Crippen molar-refractivity contribution in [1.82, 2.24) is 0 Å². The maximum atomic E-state index is 12.0. The predicted molar refractivity (Wildman–Crippen MR) is 72.9 cm³/mol. The number of rotatable bonds is 2. The first-order chi connectivity index (χ1) is 8.54. The lowest BCUT2D eigenvalue weighted by molar-refractivity contribution is -0.139. The molecule has 1 atom stereocenters. The van der Waals surface area contributed by atoms with Crippen molar-refractivity contribution < 1.29 is 9.53 Å². The summed E-state index contributed by atoms with van der Waals surface area (Å²) < 4.78 is 5.14. The van der Waals surface area contributed by atoms with E-state index in [4.69, 9.17) is 10.5 Å². The minimum Gasteiger partial charge on any atom is -0.463 e. The molecular weight excluding hydrogens is 226 g/mol. The molecule has 3 heteroatoms. The number of esters is 1. The van der Waals surface area contributed by atoms with E-state index >= 15 is 0 Å². The number of nitrogens with two attached hydrogens (primary N) is 1. The number of hydrogen-bond donors (Lipinski definition) is 1. The summed E-state index contributed by atoms with van der Waals surface area (Å²) in [5.74, 6) is -0.00394. The monoisotopic (exact) mass is 245 g/mol. The van der Waals surface area contributed by atoms with E-state index in [9.17, 15) is 4.79 Å². The SMILES string of the molecule is CCOC(=O)C1=C(C)c2cc(N)ccc2CC1C. The highest BCUT2D eigenvalue weighted by Gasteiger charge is 2.27. The second-order valence-corrected chi connectivity index (χ2v) is 4.78. The zero-order chi connectivity index (χ0) is 13.3. The summed E-state index contributed by atoms with van der Waals surface area (Å²) in [6.07, 6.45) is 0.862. The van der Waals surface area contributed by atoms with Crippen LogP contribution in [0.15, 0.2) is 23.8 Å². The molecule has 2 rings (SSSR count). The van der Waals surface area contributed by atoms with Crippen LogP contribution >= 0.6 is 0 Å². The van der Waals surface area contributed by atoms with Crippen molar-refractivity contribution in [3.63, 3.8) is 0 Å². The van der Waals surface area contributed by atoms with Gasteiger partial charge in [0, 0.05) is 11.3 Å². The van der Waals surface area contributed by atoms with Gasteiger partial charge in [-0.15, -0.1) is 0 Å². The first-order valence-corrected chi connectivity index (χ1v) is 6.31. The van der Waals surface area contributed by atoms with Crippen LogP contribution in [-0.4, -0.2) is 12.6 Å². The molecule has 18 heavy (non-hydrogen) atoms. The minimum atomic E-state index is -0.199. The van der Waals surface area contributed by atoms with Crippen LogP contribution in [0.3, 0.4) is 0 Å². The van der Waals surface area contributed by atoms with Crippen LogP contribution in [0.5, 0.6) is 0 Å². The molecule has 0 aromatic heterocycles. The number of ether oxygens (including phenoxy) is 1. The first-order valence-electron chi connectivity index (χ1n) is 6.31. The van der Waals surface area contributed by atoms with Crippen molar-refractivity contribution in [2.45, 2.75) is 27.2 Å². The van der Waals surface area contributed by atoms with E-state index in [1.165, 1.54) is 5.56 Å². The van der Waals surface area contributed by atoms with E-state index in [0.29, 0.717) is 6.61 Å². The van der Waals surface area contributed by atoms with Gasteiger partial charge in [-0.1, -0.05) is 13.0 Å². The number of hydrogen-bond acceptors (Lipinski definition) is 3. The standard InChI is InChI=1S/C15H19NO2/c1-4-18-15(17)14-9(2)7-11-5-6-12(16)8-13(11)10(14)3/h5-6,8-9H,4,7,16H2,1-3H3. The maximum absolute atomic E-state index is 12.0. The van der Waals surface area contributed by atoms with Crippen molar-refractivity contribution in [3.8, 4) is 0 Å². The Kier molecular flexibility index (Phi) is 3.41. The first kappa shape index (κ1) is 12.7. The molecule has 3 nitrogen and oxygen atoms in total. The normalized spacial score (nSPS) is 18.5. The fraction of sp³-hybridized carbons (Fsp3) is 0.400. The van der Waals surface area contributed by atoms with Gasteiger partial charge in [0.25, 0.3) is 0 Å². The molecule has 96 valence electrons. The van der Waals surface area contributed by atoms with Crippen molar-refractivity contribution in [2.75, 3.05) is 12.3 Å². The molecule has 0 bridgehead atoms. The highest BCUT2D eigenvalue weighted by Crippen LogP contribution is 2.36. The van der Waals surface area contributed by atoms with Crippen LogP contribution in [0.4, 0.5) is 5.69 Å². The molecule has 0 saturated heterocycles. The smallest absolute Gasteiger partial charge is 0.334 e. The lowest BCUT2D eigenvalue weighted by Crippen LogP contribution is -2.21. The van der Waals surface area contributed by atoms with Gasteiger partial charge in [-0.3, -0.25) is 0 Å².